The third-order valence-corrected chi connectivity index (χ3v) is 2.45. The molecule has 0 spiro atoms. The fraction of sp³-hybridized carbons (Fsp3) is 0.222. The van der Waals surface area contributed by atoms with Crippen LogP contribution in [-0.4, -0.2) is 11.3 Å². The summed E-state index contributed by atoms with van der Waals surface area (Å²) in [6, 6.07) is 5.79. The summed E-state index contributed by atoms with van der Waals surface area (Å²) in [7, 11) is 0. The van der Waals surface area contributed by atoms with Gasteiger partial charge < -0.3 is 0 Å². The first-order chi connectivity index (χ1) is 6.11. The number of rotatable bonds is 2. The monoisotopic (exact) mass is 202 g/mol. The summed E-state index contributed by atoms with van der Waals surface area (Å²) in [5.41, 5.74) is 0. The van der Waals surface area contributed by atoms with E-state index in [0.717, 1.165) is 6.92 Å². The molecule has 0 heterocycles. The molecule has 0 fully saturated rings. The maximum atomic E-state index is 12.9. The van der Waals surface area contributed by atoms with Gasteiger partial charge in [-0.2, -0.15) is 0 Å². The van der Waals surface area contributed by atoms with E-state index in [9.17, 15) is 13.6 Å². The molecule has 13 heavy (non-hydrogen) atoms. The van der Waals surface area contributed by atoms with Gasteiger partial charge in [0.2, 0.25) is 5.12 Å². The molecule has 0 radical (unpaired) electrons. The van der Waals surface area contributed by atoms with Gasteiger partial charge in [-0.25, -0.2) is 8.78 Å². The molecule has 4 heteroatoms. The Bertz CT molecular complexity index is 312. The standard InChI is InChI=1S/C9H8F2OS/c1-6(10)9(12)13-8-5-3-2-4-7(8)11/h2-6H,1H3/t6-/m1/s1. The number of halogens is 2. The molecule has 0 aliphatic rings. The van der Waals surface area contributed by atoms with E-state index >= 15 is 0 Å². The molecule has 0 bridgehead atoms. The maximum absolute atomic E-state index is 12.9. The summed E-state index contributed by atoms with van der Waals surface area (Å²) in [6.45, 7) is 1.14. The highest BCUT2D eigenvalue weighted by Gasteiger charge is 2.14. The molecule has 1 nitrogen and oxygen atoms in total. The first-order valence-corrected chi connectivity index (χ1v) is 4.53. The van der Waals surface area contributed by atoms with Crippen molar-refractivity contribution in [2.24, 2.45) is 0 Å². The summed E-state index contributed by atoms with van der Waals surface area (Å²) in [5.74, 6) is -0.499. The highest BCUT2D eigenvalue weighted by atomic mass is 32.2. The largest absolute Gasteiger partial charge is 0.284 e. The third-order valence-electron chi connectivity index (χ3n) is 1.37. The molecule has 1 atom stereocenters. The van der Waals surface area contributed by atoms with Gasteiger partial charge in [0.25, 0.3) is 0 Å². The van der Waals surface area contributed by atoms with Gasteiger partial charge in [0.15, 0.2) is 6.17 Å². The Morgan fingerprint density at radius 2 is 2.08 bits per heavy atom. The smallest absolute Gasteiger partial charge is 0.227 e. The summed E-state index contributed by atoms with van der Waals surface area (Å²) >= 11 is 0.589. The molecule has 0 saturated carbocycles. The van der Waals surface area contributed by atoms with Crippen LogP contribution < -0.4 is 0 Å². The molecular weight excluding hydrogens is 194 g/mol. The minimum Gasteiger partial charge on any atom is -0.284 e. The zero-order chi connectivity index (χ0) is 9.84. The lowest BCUT2D eigenvalue weighted by Crippen LogP contribution is -2.06. The fourth-order valence-electron chi connectivity index (χ4n) is 0.717. The highest BCUT2D eigenvalue weighted by Crippen LogP contribution is 2.23. The molecule has 0 aliphatic carbocycles. The molecule has 0 aromatic heterocycles. The molecule has 1 aromatic rings. The first kappa shape index (κ1) is 10.2. The highest BCUT2D eigenvalue weighted by molar-refractivity contribution is 8.13. The van der Waals surface area contributed by atoms with Gasteiger partial charge in [0.05, 0.1) is 4.90 Å². The lowest BCUT2D eigenvalue weighted by molar-refractivity contribution is -0.114. The van der Waals surface area contributed by atoms with E-state index in [1.54, 1.807) is 6.07 Å². The Hall–Kier alpha value is -0.900. The molecular formula is C9H8F2OS. The third kappa shape index (κ3) is 2.81. The molecule has 0 saturated heterocycles. The maximum Gasteiger partial charge on any atom is 0.227 e. The Balaban J connectivity index is 2.75. The molecule has 70 valence electrons. The predicted molar refractivity (Wildman–Crippen MR) is 47.8 cm³/mol. The zero-order valence-corrected chi connectivity index (χ0v) is 7.78. The van der Waals surface area contributed by atoms with E-state index in [2.05, 4.69) is 0 Å². The Morgan fingerprint density at radius 1 is 1.46 bits per heavy atom. The topological polar surface area (TPSA) is 17.1 Å². The van der Waals surface area contributed by atoms with Crippen LogP contribution in [0.1, 0.15) is 6.92 Å². The SMILES string of the molecule is C[C@@H](F)C(=O)Sc1ccccc1F. The lowest BCUT2D eigenvalue weighted by Gasteiger charge is -2.01. The van der Waals surface area contributed by atoms with Crippen LogP contribution in [-0.2, 0) is 4.79 Å². The number of hydrogen-bond donors (Lipinski definition) is 0. The molecule has 0 unspecified atom stereocenters. The molecule has 1 aromatic carbocycles. The zero-order valence-electron chi connectivity index (χ0n) is 6.96. The quantitative estimate of drug-likeness (QED) is 0.686. The van der Waals surface area contributed by atoms with Gasteiger partial charge in [-0.15, -0.1) is 0 Å². The van der Waals surface area contributed by atoms with E-state index in [1.165, 1.54) is 18.2 Å². The average Bonchev–Trinajstić information content (AvgIpc) is 2.08. The Morgan fingerprint density at radius 3 is 2.62 bits per heavy atom. The van der Waals surface area contributed by atoms with Gasteiger partial charge >= 0.3 is 0 Å². The van der Waals surface area contributed by atoms with Gasteiger partial charge in [-0.3, -0.25) is 4.79 Å². The van der Waals surface area contributed by atoms with Crippen molar-refractivity contribution in [1.82, 2.24) is 0 Å². The van der Waals surface area contributed by atoms with Gasteiger partial charge in [0.1, 0.15) is 5.82 Å². The van der Waals surface area contributed by atoms with Gasteiger partial charge in [-0.1, -0.05) is 12.1 Å². The Kier molecular flexibility index (Phi) is 3.42. The summed E-state index contributed by atoms with van der Waals surface area (Å²) < 4.78 is 25.3. The number of carbonyl (C=O) groups excluding carboxylic acids is 1. The second-order valence-corrected chi connectivity index (χ2v) is 3.51. The molecule has 1 rings (SSSR count). The predicted octanol–water partition coefficient (Wildman–Crippen LogP) is 2.80. The second-order valence-electron chi connectivity index (χ2n) is 2.47. The van der Waals surface area contributed by atoms with Crippen molar-refractivity contribution in [2.45, 2.75) is 18.0 Å². The van der Waals surface area contributed by atoms with Crippen LogP contribution in [0.4, 0.5) is 8.78 Å². The van der Waals surface area contributed by atoms with Crippen molar-refractivity contribution in [2.75, 3.05) is 0 Å². The second kappa shape index (κ2) is 4.37. The van der Waals surface area contributed by atoms with E-state index < -0.39 is 17.1 Å². The summed E-state index contributed by atoms with van der Waals surface area (Å²) in [6.07, 6.45) is -1.57. The van der Waals surface area contributed by atoms with Gasteiger partial charge in [0, 0.05) is 0 Å². The van der Waals surface area contributed by atoms with Crippen LogP contribution in [0.2, 0.25) is 0 Å². The van der Waals surface area contributed by atoms with Crippen molar-refractivity contribution < 1.29 is 13.6 Å². The lowest BCUT2D eigenvalue weighted by atomic mass is 10.3. The number of hydrogen-bond acceptors (Lipinski definition) is 2. The van der Waals surface area contributed by atoms with Crippen LogP contribution in [0.15, 0.2) is 29.2 Å². The summed E-state index contributed by atoms with van der Waals surface area (Å²) in [5, 5.41) is -0.676. The van der Waals surface area contributed by atoms with Crippen LogP contribution in [0.5, 0.6) is 0 Å². The molecule has 0 aliphatic heterocycles. The van der Waals surface area contributed by atoms with Crippen molar-refractivity contribution in [3.05, 3.63) is 30.1 Å². The van der Waals surface area contributed by atoms with Crippen molar-refractivity contribution in [3.8, 4) is 0 Å². The number of thioether (sulfide) groups is 1. The number of carbonyl (C=O) groups is 1. The summed E-state index contributed by atoms with van der Waals surface area (Å²) in [4.78, 5) is 11.0. The van der Waals surface area contributed by atoms with Crippen LogP contribution >= 0.6 is 11.8 Å². The molecule has 0 amide bonds. The Labute approximate surface area is 79.1 Å². The van der Waals surface area contributed by atoms with E-state index in [1.807, 2.05) is 0 Å². The van der Waals surface area contributed by atoms with E-state index in [0.29, 0.717) is 11.8 Å². The minimum atomic E-state index is -1.57. The van der Waals surface area contributed by atoms with E-state index in [4.69, 9.17) is 0 Å². The van der Waals surface area contributed by atoms with Crippen molar-refractivity contribution in [3.63, 3.8) is 0 Å². The normalized spacial score (nSPS) is 12.5. The minimum absolute atomic E-state index is 0.164. The molecule has 0 N–H and O–H groups in total. The van der Waals surface area contributed by atoms with Crippen LogP contribution in [0, 0.1) is 5.82 Å². The number of benzene rings is 1. The average molecular weight is 202 g/mol. The van der Waals surface area contributed by atoms with Crippen LogP contribution in [0.3, 0.4) is 0 Å². The van der Waals surface area contributed by atoms with Crippen molar-refractivity contribution in [1.29, 1.82) is 0 Å². The fourth-order valence-corrected chi connectivity index (χ4v) is 1.41. The first-order valence-electron chi connectivity index (χ1n) is 3.71. The van der Waals surface area contributed by atoms with Crippen molar-refractivity contribution >= 4 is 16.9 Å². The van der Waals surface area contributed by atoms with Gasteiger partial charge in [-0.05, 0) is 30.8 Å². The number of alkyl halides is 1. The van der Waals surface area contributed by atoms with E-state index in [-0.39, 0.29) is 4.90 Å². The van der Waals surface area contributed by atoms with Crippen LogP contribution in [0.25, 0.3) is 0 Å².